The van der Waals surface area contributed by atoms with E-state index in [0.29, 0.717) is 0 Å². The third-order valence-corrected chi connectivity index (χ3v) is 4.13. The van der Waals surface area contributed by atoms with Gasteiger partial charge in [0.05, 0.1) is 5.69 Å². The van der Waals surface area contributed by atoms with Crippen LogP contribution in [-0.2, 0) is 0 Å². The van der Waals surface area contributed by atoms with E-state index in [1.54, 1.807) is 6.20 Å². The number of aryl methyl sites for hydroxylation is 1. The maximum atomic E-state index is 11.8. The van der Waals surface area contributed by atoms with Gasteiger partial charge in [-0.25, -0.2) is 4.79 Å². The summed E-state index contributed by atoms with van der Waals surface area (Å²) in [6, 6.07) is 13.2. The van der Waals surface area contributed by atoms with Crippen LogP contribution in [0.4, 0.5) is 10.5 Å². The van der Waals surface area contributed by atoms with E-state index in [2.05, 4.69) is 42.5 Å². The molecular weight excluding hydrogens is 396 g/mol. The lowest BCUT2D eigenvalue weighted by Gasteiger charge is -2.07. The molecule has 2 aromatic rings. The van der Waals surface area contributed by atoms with Gasteiger partial charge in [-0.05, 0) is 58.3 Å². The van der Waals surface area contributed by atoms with Crippen molar-refractivity contribution < 1.29 is 4.79 Å². The minimum Gasteiger partial charge on any atom is -0.314 e. The van der Waals surface area contributed by atoms with E-state index in [4.69, 9.17) is 0 Å². The van der Waals surface area contributed by atoms with Gasteiger partial charge in [0.2, 0.25) is 0 Å². The number of urea groups is 1. The fourth-order valence-electron chi connectivity index (χ4n) is 1.70. The first-order valence-electron chi connectivity index (χ1n) is 6.31. The van der Waals surface area contributed by atoms with Crippen LogP contribution in [0.5, 0.6) is 0 Å². The van der Waals surface area contributed by atoms with Crippen LogP contribution in [0.15, 0.2) is 57.6 Å². The third-order valence-electron chi connectivity index (χ3n) is 2.76. The quantitative estimate of drug-likeness (QED) is 0.708. The summed E-state index contributed by atoms with van der Waals surface area (Å²) in [7, 11) is 0. The number of halogens is 2. The van der Waals surface area contributed by atoms with Gasteiger partial charge < -0.3 is 10.6 Å². The first-order valence-corrected chi connectivity index (χ1v) is 7.89. The normalized spacial score (nSPS) is 10.6. The van der Waals surface area contributed by atoms with Crippen LogP contribution < -0.4 is 10.6 Å². The lowest BCUT2D eigenvalue weighted by atomic mass is 10.2. The van der Waals surface area contributed by atoms with Crippen LogP contribution in [0.2, 0.25) is 0 Å². The standard InChI is InChI=1S/C16H14Br2N2O/c1-11-6-7-15(14(18)10-11)20-16(21)19-9-8-12-4-2-3-5-13(12)17/h2-10H,1H3,(H2,19,20,21)/b9-8+. The molecule has 0 spiro atoms. The Morgan fingerprint density at radius 2 is 1.86 bits per heavy atom. The van der Waals surface area contributed by atoms with Gasteiger partial charge >= 0.3 is 6.03 Å². The van der Waals surface area contributed by atoms with Crippen molar-refractivity contribution in [3.63, 3.8) is 0 Å². The number of carbonyl (C=O) groups excluding carboxylic acids is 1. The molecule has 2 amide bonds. The minimum atomic E-state index is -0.289. The zero-order valence-electron chi connectivity index (χ0n) is 11.4. The molecule has 0 atom stereocenters. The van der Waals surface area contributed by atoms with Crippen molar-refractivity contribution in [2.75, 3.05) is 5.32 Å². The predicted octanol–water partition coefficient (Wildman–Crippen LogP) is 5.31. The molecule has 0 aliphatic rings. The maximum Gasteiger partial charge on any atom is 0.323 e. The molecule has 5 heteroatoms. The van der Waals surface area contributed by atoms with Crippen molar-refractivity contribution in [2.45, 2.75) is 6.92 Å². The second-order valence-corrected chi connectivity index (χ2v) is 6.15. The zero-order valence-corrected chi connectivity index (χ0v) is 14.5. The van der Waals surface area contributed by atoms with Gasteiger partial charge in [0.25, 0.3) is 0 Å². The minimum absolute atomic E-state index is 0.289. The molecule has 0 heterocycles. The third kappa shape index (κ3) is 4.72. The number of carbonyl (C=O) groups is 1. The van der Waals surface area contributed by atoms with E-state index in [1.807, 2.05) is 55.5 Å². The van der Waals surface area contributed by atoms with Gasteiger partial charge in [-0.1, -0.05) is 40.2 Å². The first kappa shape index (κ1) is 15.8. The van der Waals surface area contributed by atoms with Crippen molar-refractivity contribution in [1.82, 2.24) is 5.32 Å². The second-order valence-electron chi connectivity index (χ2n) is 4.44. The Balaban J connectivity index is 1.95. The predicted molar refractivity (Wildman–Crippen MR) is 94.2 cm³/mol. The number of hydrogen-bond donors (Lipinski definition) is 2. The van der Waals surface area contributed by atoms with Gasteiger partial charge in [-0.3, -0.25) is 0 Å². The van der Waals surface area contributed by atoms with Crippen molar-refractivity contribution in [3.05, 3.63) is 68.7 Å². The molecule has 0 unspecified atom stereocenters. The van der Waals surface area contributed by atoms with Crippen molar-refractivity contribution in [3.8, 4) is 0 Å². The summed E-state index contributed by atoms with van der Waals surface area (Å²) in [6.07, 6.45) is 3.44. The molecule has 0 saturated carbocycles. The Morgan fingerprint density at radius 3 is 2.57 bits per heavy atom. The molecular formula is C16H14Br2N2O. The molecule has 0 aliphatic heterocycles. The first-order chi connectivity index (χ1) is 10.1. The Kier molecular flexibility index (Phi) is 5.59. The molecule has 0 aromatic heterocycles. The molecule has 0 radical (unpaired) electrons. The Morgan fingerprint density at radius 1 is 1.10 bits per heavy atom. The molecule has 108 valence electrons. The van der Waals surface area contributed by atoms with Crippen LogP contribution in [0, 0.1) is 6.92 Å². The van der Waals surface area contributed by atoms with E-state index in [1.165, 1.54) is 0 Å². The van der Waals surface area contributed by atoms with Crippen molar-refractivity contribution in [2.24, 2.45) is 0 Å². The number of hydrogen-bond acceptors (Lipinski definition) is 1. The summed E-state index contributed by atoms with van der Waals surface area (Å²) in [6.45, 7) is 2.00. The molecule has 0 saturated heterocycles. The average Bonchev–Trinajstić information content (AvgIpc) is 2.44. The number of nitrogens with one attached hydrogen (secondary N) is 2. The molecule has 21 heavy (non-hydrogen) atoms. The highest BCUT2D eigenvalue weighted by molar-refractivity contribution is 9.11. The van der Waals surface area contributed by atoms with Gasteiger partial charge in [0.15, 0.2) is 0 Å². The number of benzene rings is 2. The molecule has 2 aromatic carbocycles. The van der Waals surface area contributed by atoms with Gasteiger partial charge in [-0.15, -0.1) is 0 Å². The van der Waals surface area contributed by atoms with Crippen LogP contribution >= 0.6 is 31.9 Å². The average molecular weight is 410 g/mol. The molecule has 2 N–H and O–H groups in total. The topological polar surface area (TPSA) is 41.1 Å². The van der Waals surface area contributed by atoms with Gasteiger partial charge in [0.1, 0.15) is 0 Å². The number of amides is 2. The summed E-state index contributed by atoms with van der Waals surface area (Å²) in [4.78, 5) is 11.8. The van der Waals surface area contributed by atoms with E-state index >= 15 is 0 Å². The molecule has 0 fully saturated rings. The van der Waals surface area contributed by atoms with Crippen LogP contribution in [0.25, 0.3) is 6.08 Å². The fraction of sp³-hybridized carbons (Fsp3) is 0.0625. The summed E-state index contributed by atoms with van der Waals surface area (Å²) in [5.74, 6) is 0. The molecule has 2 rings (SSSR count). The van der Waals surface area contributed by atoms with E-state index in [-0.39, 0.29) is 6.03 Å². The van der Waals surface area contributed by atoms with Crippen LogP contribution in [0.1, 0.15) is 11.1 Å². The lowest BCUT2D eigenvalue weighted by Crippen LogP contribution is -2.23. The lowest BCUT2D eigenvalue weighted by molar-refractivity contribution is 0.255. The van der Waals surface area contributed by atoms with E-state index in [9.17, 15) is 4.79 Å². The zero-order chi connectivity index (χ0) is 15.2. The monoisotopic (exact) mass is 408 g/mol. The highest BCUT2D eigenvalue weighted by atomic mass is 79.9. The van der Waals surface area contributed by atoms with E-state index < -0.39 is 0 Å². The second kappa shape index (κ2) is 7.43. The molecule has 0 bridgehead atoms. The van der Waals surface area contributed by atoms with Gasteiger partial charge in [-0.2, -0.15) is 0 Å². The maximum absolute atomic E-state index is 11.8. The molecule has 3 nitrogen and oxygen atoms in total. The largest absolute Gasteiger partial charge is 0.323 e. The summed E-state index contributed by atoms with van der Waals surface area (Å²) in [5.41, 5.74) is 2.85. The molecule has 0 aliphatic carbocycles. The highest BCUT2D eigenvalue weighted by Crippen LogP contribution is 2.23. The smallest absolute Gasteiger partial charge is 0.314 e. The Labute approximate surface area is 140 Å². The van der Waals surface area contributed by atoms with Crippen LogP contribution in [0.3, 0.4) is 0 Å². The summed E-state index contributed by atoms with van der Waals surface area (Å²) >= 11 is 6.87. The summed E-state index contributed by atoms with van der Waals surface area (Å²) < 4.78 is 1.83. The number of rotatable bonds is 3. The fourth-order valence-corrected chi connectivity index (χ4v) is 2.71. The number of anilines is 1. The van der Waals surface area contributed by atoms with Gasteiger partial charge in [0, 0.05) is 15.1 Å². The van der Waals surface area contributed by atoms with E-state index in [0.717, 1.165) is 25.8 Å². The van der Waals surface area contributed by atoms with Crippen LogP contribution in [-0.4, -0.2) is 6.03 Å². The highest BCUT2D eigenvalue weighted by Gasteiger charge is 2.03. The SMILES string of the molecule is Cc1ccc(NC(=O)N/C=C/c2ccccc2Br)c(Br)c1. The van der Waals surface area contributed by atoms with Crippen molar-refractivity contribution >= 4 is 49.7 Å². The summed E-state index contributed by atoms with van der Waals surface area (Å²) in [5, 5.41) is 5.45. The Hall–Kier alpha value is -1.59. The Bertz CT molecular complexity index is 684. The van der Waals surface area contributed by atoms with Crippen molar-refractivity contribution in [1.29, 1.82) is 0 Å².